The molecule has 124 valence electrons. The first kappa shape index (κ1) is 16.3. The van der Waals surface area contributed by atoms with Crippen LogP contribution < -0.4 is 10.5 Å². The molecule has 7 nitrogen and oxygen atoms in total. The van der Waals surface area contributed by atoms with Crippen molar-refractivity contribution >= 4 is 5.84 Å². The fraction of sp³-hybridized carbons (Fsp3) is 0.471. The number of rotatable bonds is 5. The molecule has 1 fully saturated rings. The van der Waals surface area contributed by atoms with Crippen LogP contribution in [0.1, 0.15) is 18.4 Å². The van der Waals surface area contributed by atoms with Gasteiger partial charge in [0.15, 0.2) is 5.41 Å². The minimum absolute atomic E-state index is 0.0477. The van der Waals surface area contributed by atoms with Crippen molar-refractivity contribution in [2.75, 3.05) is 20.8 Å². The predicted molar refractivity (Wildman–Crippen MR) is 84.8 cm³/mol. The lowest BCUT2D eigenvalue weighted by molar-refractivity contribution is -0.230. The number of hydrogen-bond acceptors (Lipinski definition) is 7. The van der Waals surface area contributed by atoms with Crippen LogP contribution in [-0.2, 0) is 9.47 Å². The normalized spacial score (nSPS) is 32.2. The van der Waals surface area contributed by atoms with Crippen molar-refractivity contribution in [3.05, 3.63) is 29.8 Å². The molecule has 1 aromatic carbocycles. The highest BCUT2D eigenvalue weighted by atomic mass is 16.7. The molecule has 0 saturated heterocycles. The molecule has 1 aromatic rings. The molecule has 0 spiro atoms. The molecule has 3 atom stereocenters. The Hall–Kier alpha value is -2.61. The first-order valence-electron chi connectivity index (χ1n) is 7.55. The number of fused-ring (bicyclic) bond motifs is 1. The quantitative estimate of drug-likeness (QED) is 0.821. The van der Waals surface area contributed by atoms with Crippen LogP contribution in [0.15, 0.2) is 29.3 Å². The molecule has 2 aliphatic rings. The van der Waals surface area contributed by atoms with Gasteiger partial charge < -0.3 is 19.9 Å². The van der Waals surface area contributed by atoms with Crippen LogP contribution >= 0.6 is 0 Å². The van der Waals surface area contributed by atoms with Crippen LogP contribution in [0.4, 0.5) is 0 Å². The van der Waals surface area contributed by atoms with Gasteiger partial charge in [0.1, 0.15) is 17.0 Å². The van der Waals surface area contributed by atoms with E-state index in [2.05, 4.69) is 17.1 Å². The van der Waals surface area contributed by atoms with Gasteiger partial charge >= 0.3 is 0 Å². The number of nitrogens with zero attached hydrogens (tertiary/aromatic N) is 3. The number of aliphatic imine (C=N–C) groups is 1. The number of nitrogens with two attached hydrogens (primary N) is 1. The Bertz CT molecular complexity index is 790. The van der Waals surface area contributed by atoms with E-state index in [-0.39, 0.29) is 5.84 Å². The average molecular weight is 326 g/mol. The Labute approximate surface area is 140 Å². The zero-order chi connectivity index (χ0) is 17.6. The number of amidine groups is 1. The second-order valence-electron chi connectivity index (χ2n) is 5.73. The summed E-state index contributed by atoms with van der Waals surface area (Å²) in [7, 11) is 2.77. The topological polar surface area (TPSA) is 114 Å². The minimum Gasteiger partial charge on any atom is -0.494 e. The third-order valence-electron chi connectivity index (χ3n) is 5.01. The lowest BCUT2D eigenvalue weighted by atomic mass is 9.93. The van der Waals surface area contributed by atoms with E-state index in [0.29, 0.717) is 12.4 Å². The van der Waals surface area contributed by atoms with Gasteiger partial charge in [0, 0.05) is 25.7 Å². The number of benzene rings is 1. The lowest BCUT2D eigenvalue weighted by Crippen LogP contribution is -2.41. The first-order chi connectivity index (χ1) is 11.5. The molecule has 0 bridgehead atoms. The number of para-hydroxylation sites is 1. The molecule has 2 N–H and O–H groups in total. The van der Waals surface area contributed by atoms with E-state index >= 15 is 0 Å². The van der Waals surface area contributed by atoms with Crippen molar-refractivity contribution in [1.29, 1.82) is 10.5 Å². The monoisotopic (exact) mass is 326 g/mol. The number of methoxy groups -OCH3 is 2. The van der Waals surface area contributed by atoms with Crippen LogP contribution in [-0.4, -0.2) is 32.6 Å². The van der Waals surface area contributed by atoms with Gasteiger partial charge in [-0.05, 0) is 13.0 Å². The van der Waals surface area contributed by atoms with Gasteiger partial charge in [-0.3, -0.25) is 0 Å². The van der Waals surface area contributed by atoms with Crippen molar-refractivity contribution in [1.82, 2.24) is 0 Å². The zero-order valence-corrected chi connectivity index (χ0v) is 13.7. The second kappa shape index (κ2) is 5.20. The van der Waals surface area contributed by atoms with Crippen molar-refractivity contribution in [3.8, 4) is 17.9 Å². The third kappa shape index (κ3) is 1.49. The van der Waals surface area contributed by atoms with Crippen LogP contribution in [0.5, 0.6) is 5.75 Å². The maximum atomic E-state index is 10.0. The highest BCUT2D eigenvalue weighted by Crippen LogP contribution is 2.82. The predicted octanol–water partition coefficient (Wildman–Crippen LogP) is 1.52. The molecule has 0 radical (unpaired) electrons. The second-order valence-corrected chi connectivity index (χ2v) is 5.73. The highest BCUT2D eigenvalue weighted by molar-refractivity contribution is 6.00. The molecule has 24 heavy (non-hydrogen) atoms. The molecule has 0 amide bonds. The van der Waals surface area contributed by atoms with Gasteiger partial charge in [-0.1, -0.05) is 18.2 Å². The molecule has 0 aromatic heterocycles. The van der Waals surface area contributed by atoms with Crippen LogP contribution in [0.3, 0.4) is 0 Å². The minimum atomic E-state index is -1.62. The Morgan fingerprint density at radius 2 is 1.88 bits per heavy atom. The number of hydrogen-bond donors (Lipinski definition) is 1. The van der Waals surface area contributed by atoms with Gasteiger partial charge in [0.25, 0.3) is 5.91 Å². The van der Waals surface area contributed by atoms with Crippen molar-refractivity contribution < 1.29 is 14.2 Å². The molecule has 7 heteroatoms. The van der Waals surface area contributed by atoms with E-state index in [0.717, 1.165) is 5.56 Å². The van der Waals surface area contributed by atoms with Gasteiger partial charge in [-0.25, -0.2) is 4.99 Å². The van der Waals surface area contributed by atoms with Crippen LogP contribution in [0.2, 0.25) is 0 Å². The number of ether oxygens (including phenoxy) is 3. The summed E-state index contributed by atoms with van der Waals surface area (Å²) in [5.41, 5.74) is 4.13. The molecular weight excluding hydrogens is 308 g/mol. The maximum absolute atomic E-state index is 10.0. The summed E-state index contributed by atoms with van der Waals surface area (Å²) >= 11 is 0. The number of nitriles is 2. The Morgan fingerprint density at radius 1 is 1.21 bits per heavy atom. The van der Waals surface area contributed by atoms with Gasteiger partial charge in [-0.2, -0.15) is 10.5 Å². The zero-order valence-electron chi connectivity index (χ0n) is 13.7. The molecule has 3 rings (SSSR count). The van der Waals surface area contributed by atoms with Crippen LogP contribution in [0, 0.1) is 33.5 Å². The summed E-state index contributed by atoms with van der Waals surface area (Å²) in [6.45, 7) is 2.33. The standard InChI is InChI=1S/C17H18N4O3/c1-4-24-12-8-6-5-7-11(12)13-15(9-18)14(20)21-17(22-2,23-3)16(13,15)10-19/h5-8,13H,4H2,1-3H3,(H2,20,21)/t13-,15+,16+/m1/s1. The molecule has 1 aliphatic heterocycles. The van der Waals surface area contributed by atoms with E-state index < -0.39 is 22.7 Å². The largest absolute Gasteiger partial charge is 0.494 e. The van der Waals surface area contributed by atoms with E-state index in [4.69, 9.17) is 19.9 Å². The maximum Gasteiger partial charge on any atom is 0.292 e. The Morgan fingerprint density at radius 3 is 2.42 bits per heavy atom. The van der Waals surface area contributed by atoms with E-state index in [1.165, 1.54) is 14.2 Å². The van der Waals surface area contributed by atoms with Gasteiger partial charge in [-0.15, -0.1) is 0 Å². The summed E-state index contributed by atoms with van der Waals surface area (Å²) in [6.07, 6.45) is 0. The van der Waals surface area contributed by atoms with Gasteiger partial charge in [0.05, 0.1) is 18.7 Å². The fourth-order valence-electron chi connectivity index (χ4n) is 3.99. The van der Waals surface area contributed by atoms with Crippen molar-refractivity contribution in [3.63, 3.8) is 0 Å². The van der Waals surface area contributed by atoms with Gasteiger partial charge in [0.2, 0.25) is 0 Å². The van der Waals surface area contributed by atoms with Crippen LogP contribution in [0.25, 0.3) is 0 Å². The Kier molecular flexibility index (Phi) is 3.52. The molecule has 1 saturated carbocycles. The van der Waals surface area contributed by atoms with E-state index in [9.17, 15) is 10.5 Å². The smallest absolute Gasteiger partial charge is 0.292 e. The fourth-order valence-corrected chi connectivity index (χ4v) is 3.99. The summed E-state index contributed by atoms with van der Waals surface area (Å²) in [4.78, 5) is 4.19. The average Bonchev–Trinajstić information content (AvgIpc) is 3.18. The lowest BCUT2D eigenvalue weighted by Gasteiger charge is -2.29. The van der Waals surface area contributed by atoms with E-state index in [1.54, 1.807) is 6.07 Å². The summed E-state index contributed by atoms with van der Waals surface area (Å²) in [5.74, 6) is -1.52. The molecular formula is C17H18N4O3. The molecule has 1 heterocycles. The third-order valence-corrected chi connectivity index (χ3v) is 5.01. The van der Waals surface area contributed by atoms with Crippen molar-refractivity contribution in [2.45, 2.75) is 18.8 Å². The molecule has 0 unspecified atom stereocenters. The summed E-state index contributed by atoms with van der Waals surface area (Å²) in [6, 6.07) is 11.7. The SMILES string of the molecule is CCOc1ccccc1[C@@H]1[C@@]2(C#N)C(N)=NC(OC)(OC)[C@@]12C#N. The highest BCUT2D eigenvalue weighted by Gasteiger charge is 2.93. The Balaban J connectivity index is 2.25. The summed E-state index contributed by atoms with van der Waals surface area (Å²) < 4.78 is 16.6. The first-order valence-corrected chi connectivity index (χ1v) is 7.55. The molecule has 1 aliphatic carbocycles. The summed E-state index contributed by atoms with van der Waals surface area (Å²) in [5, 5.41) is 19.9. The van der Waals surface area contributed by atoms with E-state index in [1.807, 2.05) is 25.1 Å². The van der Waals surface area contributed by atoms with Crippen molar-refractivity contribution in [2.24, 2.45) is 21.6 Å².